The second-order valence-corrected chi connectivity index (χ2v) is 7.93. The van der Waals surface area contributed by atoms with Gasteiger partial charge in [0.15, 0.2) is 5.11 Å². The monoisotopic (exact) mass is 485 g/mol. The van der Waals surface area contributed by atoms with E-state index in [4.69, 9.17) is 28.6 Å². The van der Waals surface area contributed by atoms with Gasteiger partial charge in [-0.15, -0.1) is 0 Å². The Morgan fingerprint density at radius 2 is 2.04 bits per heavy atom. The number of hydrogen-bond acceptors (Lipinski definition) is 5. The van der Waals surface area contributed by atoms with Crippen molar-refractivity contribution in [1.82, 2.24) is 5.32 Å². The van der Waals surface area contributed by atoms with Gasteiger partial charge in [0, 0.05) is 15.6 Å². The lowest BCUT2D eigenvalue weighted by molar-refractivity contribution is -0.383. The third-order valence-electron chi connectivity index (χ3n) is 3.39. The SMILES string of the molecule is CC(C)COc1ccc(Br)cc1C(=O)NC(=S)Nc1ccc(Cl)cc1[N+](=O)[O-]. The van der Waals surface area contributed by atoms with Crippen molar-refractivity contribution >= 4 is 62.1 Å². The number of nitrogens with one attached hydrogen (secondary N) is 2. The zero-order chi connectivity index (χ0) is 20.8. The van der Waals surface area contributed by atoms with Gasteiger partial charge in [-0.05, 0) is 48.5 Å². The highest BCUT2D eigenvalue weighted by molar-refractivity contribution is 9.10. The van der Waals surface area contributed by atoms with Crippen LogP contribution in [0, 0.1) is 16.0 Å². The second kappa shape index (κ2) is 9.81. The number of anilines is 1. The van der Waals surface area contributed by atoms with E-state index < -0.39 is 10.8 Å². The van der Waals surface area contributed by atoms with Crippen molar-refractivity contribution in [2.45, 2.75) is 13.8 Å². The largest absolute Gasteiger partial charge is 0.492 e. The van der Waals surface area contributed by atoms with Crippen molar-refractivity contribution in [2.75, 3.05) is 11.9 Å². The van der Waals surface area contributed by atoms with Crippen LogP contribution in [0.25, 0.3) is 0 Å². The molecule has 1 amide bonds. The third-order valence-corrected chi connectivity index (χ3v) is 4.32. The summed E-state index contributed by atoms with van der Waals surface area (Å²) in [5.41, 5.74) is 0.141. The molecule has 0 spiro atoms. The Bertz CT molecular complexity index is 924. The summed E-state index contributed by atoms with van der Waals surface area (Å²) in [6, 6.07) is 9.14. The maximum absolute atomic E-state index is 12.6. The minimum absolute atomic E-state index is 0.0924. The van der Waals surface area contributed by atoms with E-state index in [1.807, 2.05) is 13.8 Å². The van der Waals surface area contributed by atoms with Crippen LogP contribution < -0.4 is 15.4 Å². The summed E-state index contributed by atoms with van der Waals surface area (Å²) in [5.74, 6) is 0.191. The van der Waals surface area contributed by atoms with E-state index in [0.717, 1.165) is 0 Å². The van der Waals surface area contributed by atoms with Crippen molar-refractivity contribution < 1.29 is 14.5 Å². The fraction of sp³-hybridized carbons (Fsp3) is 0.222. The number of benzene rings is 2. The Morgan fingerprint density at radius 1 is 1.32 bits per heavy atom. The first kappa shape index (κ1) is 22.1. The number of thiocarbonyl (C=S) groups is 1. The Hall–Kier alpha value is -2.23. The molecule has 10 heteroatoms. The summed E-state index contributed by atoms with van der Waals surface area (Å²) in [4.78, 5) is 23.2. The zero-order valence-electron chi connectivity index (χ0n) is 15.0. The molecular weight excluding hydrogens is 470 g/mol. The van der Waals surface area contributed by atoms with Crippen molar-refractivity contribution in [3.05, 3.63) is 61.6 Å². The molecule has 0 aromatic heterocycles. The van der Waals surface area contributed by atoms with Gasteiger partial charge in [-0.25, -0.2) is 0 Å². The molecule has 0 saturated heterocycles. The van der Waals surface area contributed by atoms with Crippen LogP contribution >= 0.6 is 39.7 Å². The number of amides is 1. The van der Waals surface area contributed by atoms with Crippen LogP contribution in [0.15, 0.2) is 40.9 Å². The van der Waals surface area contributed by atoms with Crippen LogP contribution in [0.5, 0.6) is 5.75 Å². The fourth-order valence-electron chi connectivity index (χ4n) is 2.15. The number of halogens is 2. The maximum atomic E-state index is 12.6. The normalized spacial score (nSPS) is 10.5. The first-order valence-corrected chi connectivity index (χ1v) is 9.74. The van der Waals surface area contributed by atoms with Crippen LogP contribution in [0.2, 0.25) is 5.02 Å². The van der Waals surface area contributed by atoms with E-state index in [-0.39, 0.29) is 33.0 Å². The lowest BCUT2D eigenvalue weighted by atomic mass is 10.2. The number of ether oxygens (including phenoxy) is 1. The van der Waals surface area contributed by atoms with E-state index >= 15 is 0 Å². The van der Waals surface area contributed by atoms with Crippen LogP contribution in [0.3, 0.4) is 0 Å². The molecule has 0 saturated carbocycles. The van der Waals surface area contributed by atoms with Crippen molar-refractivity contribution in [3.63, 3.8) is 0 Å². The molecule has 148 valence electrons. The predicted molar refractivity (Wildman–Crippen MR) is 116 cm³/mol. The molecule has 0 atom stereocenters. The Kier molecular flexibility index (Phi) is 7.73. The molecule has 2 N–H and O–H groups in total. The van der Waals surface area contributed by atoms with Crippen LogP contribution in [0.4, 0.5) is 11.4 Å². The lowest BCUT2D eigenvalue weighted by Crippen LogP contribution is -2.34. The summed E-state index contributed by atoms with van der Waals surface area (Å²) in [6.45, 7) is 4.44. The molecule has 0 fully saturated rings. The average Bonchev–Trinajstić information content (AvgIpc) is 2.61. The molecule has 2 rings (SSSR count). The minimum atomic E-state index is -0.592. The summed E-state index contributed by atoms with van der Waals surface area (Å²) in [7, 11) is 0. The Balaban J connectivity index is 2.16. The van der Waals surface area contributed by atoms with Gasteiger partial charge in [0.05, 0.1) is 17.1 Å². The molecule has 0 aliphatic carbocycles. The molecule has 0 aliphatic rings. The molecule has 0 unspecified atom stereocenters. The fourth-order valence-corrected chi connectivity index (χ4v) is 2.88. The average molecular weight is 487 g/mol. The Morgan fingerprint density at radius 3 is 2.68 bits per heavy atom. The maximum Gasteiger partial charge on any atom is 0.294 e. The number of hydrogen-bond donors (Lipinski definition) is 2. The minimum Gasteiger partial charge on any atom is -0.492 e. The van der Waals surface area contributed by atoms with Gasteiger partial charge in [0.25, 0.3) is 11.6 Å². The first-order valence-electron chi connectivity index (χ1n) is 8.16. The van der Waals surface area contributed by atoms with E-state index in [2.05, 4.69) is 26.6 Å². The lowest BCUT2D eigenvalue weighted by Gasteiger charge is -2.14. The summed E-state index contributed by atoms with van der Waals surface area (Å²) in [5, 5.41) is 16.4. The summed E-state index contributed by atoms with van der Waals surface area (Å²) < 4.78 is 6.39. The highest BCUT2D eigenvalue weighted by Gasteiger charge is 2.18. The first-order chi connectivity index (χ1) is 13.2. The van der Waals surface area contributed by atoms with Crippen molar-refractivity contribution in [2.24, 2.45) is 5.92 Å². The van der Waals surface area contributed by atoms with E-state index in [1.165, 1.54) is 18.2 Å². The molecule has 0 radical (unpaired) electrons. The Labute approximate surface area is 180 Å². The smallest absolute Gasteiger partial charge is 0.294 e. The standard InChI is InChI=1S/C18H17BrClN3O4S/c1-10(2)9-27-16-6-3-11(19)7-13(16)17(24)22-18(28)21-14-5-4-12(20)8-15(14)23(25)26/h3-8,10H,9H2,1-2H3,(H2,21,22,24,28). The van der Waals surface area contributed by atoms with Crippen molar-refractivity contribution in [1.29, 1.82) is 0 Å². The van der Waals surface area contributed by atoms with Gasteiger partial charge in [-0.1, -0.05) is 41.4 Å². The molecule has 0 heterocycles. The third kappa shape index (κ3) is 6.15. The quantitative estimate of drug-likeness (QED) is 0.332. The van der Waals surface area contributed by atoms with E-state index in [1.54, 1.807) is 18.2 Å². The highest BCUT2D eigenvalue weighted by Crippen LogP contribution is 2.28. The van der Waals surface area contributed by atoms with Crippen LogP contribution in [-0.4, -0.2) is 22.5 Å². The van der Waals surface area contributed by atoms with Gasteiger partial charge in [0.1, 0.15) is 11.4 Å². The van der Waals surface area contributed by atoms with Crippen molar-refractivity contribution in [3.8, 4) is 5.75 Å². The van der Waals surface area contributed by atoms with Gasteiger partial charge < -0.3 is 10.1 Å². The predicted octanol–water partition coefficient (Wildman–Crippen LogP) is 5.17. The summed E-state index contributed by atoms with van der Waals surface area (Å²) in [6.07, 6.45) is 0. The number of nitrogens with zero attached hydrogens (tertiary/aromatic N) is 1. The van der Waals surface area contributed by atoms with Gasteiger partial charge in [0.2, 0.25) is 0 Å². The number of carbonyl (C=O) groups excluding carboxylic acids is 1. The molecule has 7 nitrogen and oxygen atoms in total. The topological polar surface area (TPSA) is 93.5 Å². The number of nitro benzene ring substituents is 1. The van der Waals surface area contributed by atoms with E-state index in [0.29, 0.717) is 16.8 Å². The second-order valence-electron chi connectivity index (χ2n) is 6.17. The molecule has 0 aliphatic heterocycles. The zero-order valence-corrected chi connectivity index (χ0v) is 18.2. The van der Waals surface area contributed by atoms with Crippen LogP contribution in [0.1, 0.15) is 24.2 Å². The van der Waals surface area contributed by atoms with E-state index in [9.17, 15) is 14.9 Å². The van der Waals surface area contributed by atoms with Gasteiger partial charge >= 0.3 is 0 Å². The highest BCUT2D eigenvalue weighted by atomic mass is 79.9. The molecular formula is C18H17BrClN3O4S. The van der Waals surface area contributed by atoms with Gasteiger partial charge in [-0.3, -0.25) is 20.2 Å². The number of carbonyl (C=O) groups is 1. The van der Waals surface area contributed by atoms with Gasteiger partial charge in [-0.2, -0.15) is 0 Å². The number of nitro groups is 1. The molecule has 28 heavy (non-hydrogen) atoms. The molecule has 2 aromatic carbocycles. The molecule has 0 bridgehead atoms. The number of rotatable bonds is 6. The summed E-state index contributed by atoms with van der Waals surface area (Å²) >= 11 is 14.2. The van der Waals surface area contributed by atoms with Crippen LogP contribution in [-0.2, 0) is 0 Å². The molecule has 2 aromatic rings.